The van der Waals surface area contributed by atoms with Gasteiger partial charge in [-0.1, -0.05) is 47.0 Å². The van der Waals surface area contributed by atoms with E-state index in [2.05, 4.69) is 15.8 Å². The number of amides is 2. The summed E-state index contributed by atoms with van der Waals surface area (Å²) >= 11 is 12.2. The molecular weight excluding hydrogens is 643 g/mol. The van der Waals surface area contributed by atoms with E-state index in [-0.39, 0.29) is 36.0 Å². The van der Waals surface area contributed by atoms with Crippen LogP contribution in [0.2, 0.25) is 10.0 Å². The number of nitrogens with zero attached hydrogens (tertiary/aromatic N) is 2. The highest BCUT2D eigenvalue weighted by atomic mass is 35.5. The van der Waals surface area contributed by atoms with Crippen molar-refractivity contribution in [1.82, 2.24) is 9.73 Å². The number of furan rings is 1. The summed E-state index contributed by atoms with van der Waals surface area (Å²) in [5, 5.41) is 6.78. The number of benzene rings is 3. The van der Waals surface area contributed by atoms with Gasteiger partial charge in [-0.3, -0.25) is 9.59 Å². The van der Waals surface area contributed by atoms with E-state index in [1.54, 1.807) is 43.3 Å². The fourth-order valence-corrected chi connectivity index (χ4v) is 5.66. The normalized spacial score (nSPS) is 11.5. The van der Waals surface area contributed by atoms with Gasteiger partial charge in [-0.15, -0.1) is 0 Å². The van der Waals surface area contributed by atoms with Crippen LogP contribution in [0.1, 0.15) is 39.9 Å². The first-order valence-corrected chi connectivity index (χ1v) is 15.7. The molecule has 0 saturated carbocycles. The van der Waals surface area contributed by atoms with E-state index in [9.17, 15) is 22.8 Å². The average Bonchev–Trinajstić information content (AvgIpc) is 3.46. The van der Waals surface area contributed by atoms with Crippen LogP contribution in [0.4, 0.5) is 5.69 Å². The molecule has 0 spiro atoms. The number of carbonyl (C=O) groups excluding carboxylic acids is 3. The van der Waals surface area contributed by atoms with E-state index in [0.29, 0.717) is 26.9 Å². The zero-order valence-electron chi connectivity index (χ0n) is 24.1. The topological polar surface area (TPSA) is 147 Å². The molecule has 0 fully saturated rings. The highest BCUT2D eigenvalue weighted by molar-refractivity contribution is 7.89. The largest absolute Gasteiger partial charge is 0.462 e. The lowest BCUT2D eigenvalue weighted by Gasteiger charge is -2.22. The molecule has 0 aliphatic rings. The Bertz CT molecular complexity index is 1820. The number of sulfonamides is 1. The molecule has 234 valence electrons. The van der Waals surface area contributed by atoms with E-state index in [1.165, 1.54) is 53.0 Å². The fourth-order valence-electron chi connectivity index (χ4n) is 3.95. The first-order valence-electron chi connectivity index (χ1n) is 13.5. The predicted octanol–water partition coefficient (Wildman–Crippen LogP) is 5.55. The number of hydrazone groups is 1. The van der Waals surface area contributed by atoms with Crippen LogP contribution in [0.3, 0.4) is 0 Å². The monoisotopic (exact) mass is 670 g/mol. The molecule has 3 aromatic carbocycles. The number of ether oxygens (including phenoxy) is 1. The van der Waals surface area contributed by atoms with Crippen molar-refractivity contribution in [2.45, 2.75) is 31.8 Å². The van der Waals surface area contributed by atoms with Crippen molar-refractivity contribution in [3.05, 3.63) is 117 Å². The maximum Gasteiger partial charge on any atom is 0.338 e. The number of nitrogens with one attached hydrogen (secondary N) is 2. The number of halogens is 2. The molecule has 0 atom stereocenters. The Morgan fingerprint density at radius 3 is 2.29 bits per heavy atom. The second-order valence-corrected chi connectivity index (χ2v) is 12.3. The summed E-state index contributed by atoms with van der Waals surface area (Å²) in [6, 6.07) is 20.3. The molecule has 0 aliphatic carbocycles. The molecule has 45 heavy (non-hydrogen) atoms. The molecule has 0 aliphatic heterocycles. The van der Waals surface area contributed by atoms with Crippen molar-refractivity contribution in [3.63, 3.8) is 0 Å². The van der Waals surface area contributed by atoms with Gasteiger partial charge >= 0.3 is 17.8 Å². The van der Waals surface area contributed by atoms with E-state index in [4.69, 9.17) is 32.4 Å². The molecule has 0 unspecified atom stereocenters. The van der Waals surface area contributed by atoms with Crippen molar-refractivity contribution >= 4 is 62.9 Å². The minimum absolute atomic E-state index is 0.0199. The lowest BCUT2D eigenvalue weighted by Crippen LogP contribution is -2.32. The average molecular weight is 672 g/mol. The summed E-state index contributed by atoms with van der Waals surface area (Å²) in [7, 11) is -3.96. The minimum atomic E-state index is -3.96. The molecule has 11 nitrogen and oxygen atoms in total. The van der Waals surface area contributed by atoms with Gasteiger partial charge < -0.3 is 14.5 Å². The van der Waals surface area contributed by atoms with Gasteiger partial charge in [0.2, 0.25) is 10.0 Å². The van der Waals surface area contributed by atoms with Gasteiger partial charge in [0.05, 0.1) is 39.9 Å². The lowest BCUT2D eigenvalue weighted by molar-refractivity contribution is -0.136. The third-order valence-corrected chi connectivity index (χ3v) is 8.78. The smallest absolute Gasteiger partial charge is 0.338 e. The molecule has 14 heteroatoms. The van der Waals surface area contributed by atoms with Gasteiger partial charge in [0, 0.05) is 12.2 Å². The maximum atomic E-state index is 13.6. The van der Waals surface area contributed by atoms with Crippen molar-refractivity contribution in [2.24, 2.45) is 5.10 Å². The predicted molar refractivity (Wildman–Crippen MR) is 170 cm³/mol. The molecule has 2 N–H and O–H groups in total. The number of hydrogen-bond acceptors (Lipinski definition) is 8. The zero-order chi connectivity index (χ0) is 32.6. The molecular formula is C31H28Cl2N4O7S. The Morgan fingerprint density at radius 2 is 1.62 bits per heavy atom. The molecule has 2 amide bonds. The van der Waals surface area contributed by atoms with Gasteiger partial charge in [-0.05, 0) is 80.1 Å². The number of aryl methyl sites for hydroxylation is 1. The van der Waals surface area contributed by atoms with Gasteiger partial charge in [0.1, 0.15) is 11.5 Å². The number of anilines is 1. The molecule has 0 radical (unpaired) electrons. The van der Waals surface area contributed by atoms with Crippen LogP contribution in [0, 0.1) is 6.92 Å². The molecule has 4 aromatic rings. The van der Waals surface area contributed by atoms with E-state index in [0.717, 1.165) is 5.56 Å². The van der Waals surface area contributed by atoms with Crippen molar-refractivity contribution in [3.8, 4) is 0 Å². The number of carbonyl (C=O) groups is 3. The first-order chi connectivity index (χ1) is 21.5. The van der Waals surface area contributed by atoms with E-state index < -0.39 is 27.8 Å². The summed E-state index contributed by atoms with van der Waals surface area (Å²) in [6.45, 7) is 3.62. The number of esters is 1. The first kappa shape index (κ1) is 33.4. The molecule has 4 rings (SSSR count). The van der Waals surface area contributed by atoms with Gasteiger partial charge in [-0.25, -0.2) is 18.6 Å². The van der Waals surface area contributed by atoms with Gasteiger partial charge in [0.25, 0.3) is 0 Å². The summed E-state index contributed by atoms with van der Waals surface area (Å²) in [5.74, 6) is -2.06. The van der Waals surface area contributed by atoms with Crippen molar-refractivity contribution in [2.75, 3.05) is 11.9 Å². The molecule has 0 saturated heterocycles. The maximum absolute atomic E-state index is 13.6. The fraction of sp³-hybridized carbons (Fsp3) is 0.161. The quantitative estimate of drug-likeness (QED) is 0.0920. The van der Waals surface area contributed by atoms with Crippen molar-refractivity contribution in [1.29, 1.82) is 0 Å². The zero-order valence-corrected chi connectivity index (χ0v) is 26.4. The summed E-state index contributed by atoms with van der Waals surface area (Å²) < 4.78 is 39.1. The second kappa shape index (κ2) is 15.0. The standard InChI is InChI=1S/C31H28Cl2N4O7S/c1-3-43-31(40)22-7-9-23(10-8-22)35-29(38)30(39)36-34-17-24-11-12-25(44-24)19-37(18-21-6-15-27(32)28(33)16-21)45(41,42)26-13-4-20(2)5-14-26/h4-17H,3,18-19H2,1-2H3,(H,35,38)(H,36,39)/b34-17+. The summed E-state index contributed by atoms with van der Waals surface area (Å²) in [4.78, 5) is 36.3. The van der Waals surface area contributed by atoms with Gasteiger partial charge in [0.15, 0.2) is 0 Å². The Morgan fingerprint density at radius 1 is 0.911 bits per heavy atom. The number of rotatable bonds is 11. The summed E-state index contributed by atoms with van der Waals surface area (Å²) in [5.41, 5.74) is 4.21. The highest BCUT2D eigenvalue weighted by Gasteiger charge is 2.26. The molecule has 1 heterocycles. The Balaban J connectivity index is 1.41. The van der Waals surface area contributed by atoms with Crippen LogP contribution in [0.15, 0.2) is 93.3 Å². The van der Waals surface area contributed by atoms with E-state index >= 15 is 0 Å². The lowest BCUT2D eigenvalue weighted by atomic mass is 10.2. The van der Waals surface area contributed by atoms with Crippen LogP contribution in [0.5, 0.6) is 0 Å². The second-order valence-electron chi connectivity index (χ2n) is 9.59. The van der Waals surface area contributed by atoms with Crippen molar-refractivity contribution < 1.29 is 32.0 Å². The summed E-state index contributed by atoms with van der Waals surface area (Å²) in [6.07, 6.45) is 1.17. The van der Waals surface area contributed by atoms with Crippen LogP contribution in [-0.2, 0) is 37.4 Å². The van der Waals surface area contributed by atoms with Gasteiger partial charge in [-0.2, -0.15) is 9.41 Å². The molecule has 1 aromatic heterocycles. The van der Waals surface area contributed by atoms with Crippen LogP contribution in [-0.4, -0.2) is 43.3 Å². The third-order valence-electron chi connectivity index (χ3n) is 6.23. The number of hydrogen-bond donors (Lipinski definition) is 2. The van der Waals surface area contributed by atoms with Crippen LogP contribution in [0.25, 0.3) is 0 Å². The highest BCUT2D eigenvalue weighted by Crippen LogP contribution is 2.26. The Kier molecular flexibility index (Phi) is 11.1. The molecule has 0 bridgehead atoms. The minimum Gasteiger partial charge on any atom is -0.462 e. The Hall–Kier alpha value is -4.49. The Labute approximate surface area is 269 Å². The van der Waals surface area contributed by atoms with Crippen LogP contribution < -0.4 is 10.7 Å². The third kappa shape index (κ3) is 9.02. The van der Waals surface area contributed by atoms with E-state index in [1.807, 2.05) is 6.92 Å². The van der Waals surface area contributed by atoms with Crippen LogP contribution >= 0.6 is 23.2 Å². The SMILES string of the molecule is CCOC(=O)c1ccc(NC(=O)C(=O)N/N=C/c2ccc(CN(Cc3ccc(Cl)c(Cl)c3)S(=O)(=O)c3ccc(C)cc3)o2)cc1.